The van der Waals surface area contributed by atoms with Gasteiger partial charge in [-0.25, -0.2) is 13.8 Å². The van der Waals surface area contributed by atoms with Gasteiger partial charge >= 0.3 is 5.95 Å². The van der Waals surface area contributed by atoms with E-state index in [1.165, 1.54) is 0 Å². The van der Waals surface area contributed by atoms with Gasteiger partial charge in [0.05, 0.1) is 5.69 Å². The van der Waals surface area contributed by atoms with Gasteiger partial charge in [0.1, 0.15) is 0 Å². The maximum Gasteiger partial charge on any atom is 0.411 e. The van der Waals surface area contributed by atoms with Gasteiger partial charge in [0.2, 0.25) is 29.0 Å². The average Bonchev–Trinajstić information content (AvgIpc) is 2.53. The van der Waals surface area contributed by atoms with Gasteiger partial charge < -0.3 is 5.21 Å². The Hall–Kier alpha value is -2.46. The molecule has 0 spiro atoms. The number of nitrogens with zero attached hydrogens (tertiary/aromatic N) is 2. The van der Waals surface area contributed by atoms with Crippen molar-refractivity contribution in [2.75, 3.05) is 0 Å². The quantitative estimate of drug-likeness (QED) is 0.318. The lowest BCUT2D eigenvalue weighted by Crippen LogP contribution is -2.38. The predicted octanol–water partition coefficient (Wildman–Crippen LogP) is 3.13. The number of pyridine rings is 2. The van der Waals surface area contributed by atoms with Gasteiger partial charge in [-0.2, -0.15) is 22.0 Å². The zero-order chi connectivity index (χ0) is 18.1. The first kappa shape index (κ1) is 18.6. The van der Waals surface area contributed by atoms with E-state index in [9.17, 15) is 40.3 Å². The molecule has 2 rings (SSSR count). The van der Waals surface area contributed by atoms with Gasteiger partial charge in [-0.05, 0) is 6.92 Å². The second-order valence-corrected chi connectivity index (χ2v) is 4.04. The van der Waals surface area contributed by atoms with E-state index in [2.05, 4.69) is 4.98 Å². The van der Waals surface area contributed by atoms with E-state index in [-0.39, 0.29) is 0 Å². The van der Waals surface area contributed by atoms with E-state index in [0.29, 0.717) is 0 Å². The smallest absolute Gasteiger partial charge is 0.411 e. The third-order valence-electron chi connectivity index (χ3n) is 2.52. The molecule has 2 heterocycles. The second-order valence-electron chi connectivity index (χ2n) is 4.04. The fraction of sp³-hybridized carbons (Fsp3) is 0.167. The van der Waals surface area contributed by atoms with Gasteiger partial charge in [0.25, 0.3) is 11.8 Å². The standard InChI is InChI=1S/C6H3F4NO.C6H3F4N/c1-2-3(7)4(8)5(9)6(10)11(2)12;1-2-3(7)4(8)5(9)6(10)11-2/h1H3;1H3. The van der Waals surface area contributed by atoms with Crippen molar-refractivity contribution in [2.24, 2.45) is 0 Å². The molecular weight excluding hydrogens is 340 g/mol. The average molecular weight is 346 g/mol. The Labute approximate surface area is 123 Å². The number of rotatable bonds is 0. The third kappa shape index (κ3) is 3.48. The molecule has 23 heavy (non-hydrogen) atoms. The Morgan fingerprint density at radius 1 is 0.696 bits per heavy atom. The van der Waals surface area contributed by atoms with E-state index < -0.39 is 62.9 Å². The zero-order valence-electron chi connectivity index (χ0n) is 11.3. The molecule has 11 heteroatoms. The molecule has 0 aliphatic rings. The first-order valence-electron chi connectivity index (χ1n) is 5.59. The maximum absolute atomic E-state index is 12.4. The van der Waals surface area contributed by atoms with Crippen molar-refractivity contribution in [3.05, 3.63) is 63.4 Å². The molecule has 0 aliphatic carbocycles. The maximum atomic E-state index is 12.4. The fourth-order valence-corrected chi connectivity index (χ4v) is 1.26. The lowest BCUT2D eigenvalue weighted by Gasteiger charge is -2.03. The number of halogens is 8. The van der Waals surface area contributed by atoms with Crippen LogP contribution in [-0.2, 0) is 0 Å². The molecule has 0 aliphatic heterocycles. The van der Waals surface area contributed by atoms with Crippen LogP contribution in [0.25, 0.3) is 0 Å². The van der Waals surface area contributed by atoms with Crippen LogP contribution in [0.15, 0.2) is 0 Å². The highest BCUT2D eigenvalue weighted by atomic mass is 19.2. The van der Waals surface area contributed by atoms with Crippen LogP contribution in [0.1, 0.15) is 11.4 Å². The van der Waals surface area contributed by atoms with Crippen molar-refractivity contribution in [2.45, 2.75) is 13.8 Å². The van der Waals surface area contributed by atoms with Crippen LogP contribution in [0, 0.1) is 65.9 Å². The molecule has 0 unspecified atom stereocenters. The van der Waals surface area contributed by atoms with Crippen LogP contribution in [0.2, 0.25) is 0 Å². The minimum atomic E-state index is -2.10. The molecule has 0 radical (unpaired) electrons. The topological polar surface area (TPSA) is 39.8 Å². The molecule has 0 saturated heterocycles. The van der Waals surface area contributed by atoms with E-state index in [1.807, 2.05) is 0 Å². The molecular formula is C12H6F8N2O. The van der Waals surface area contributed by atoms with Crippen LogP contribution >= 0.6 is 0 Å². The molecule has 0 amide bonds. The van der Waals surface area contributed by atoms with Crippen molar-refractivity contribution in [1.82, 2.24) is 4.98 Å². The highest BCUT2D eigenvalue weighted by Crippen LogP contribution is 2.14. The monoisotopic (exact) mass is 346 g/mol. The number of hydrogen-bond acceptors (Lipinski definition) is 2. The molecule has 2 aromatic heterocycles. The summed E-state index contributed by atoms with van der Waals surface area (Å²) in [6.07, 6.45) is 0. The zero-order valence-corrected chi connectivity index (χ0v) is 11.3. The van der Waals surface area contributed by atoms with Crippen molar-refractivity contribution in [1.29, 1.82) is 0 Å². The van der Waals surface area contributed by atoms with Gasteiger partial charge in [-0.1, -0.05) is 0 Å². The van der Waals surface area contributed by atoms with Gasteiger partial charge in [0, 0.05) is 6.92 Å². The molecule has 3 nitrogen and oxygen atoms in total. The number of aromatic nitrogens is 2. The van der Waals surface area contributed by atoms with Crippen LogP contribution in [-0.4, -0.2) is 4.98 Å². The highest BCUT2D eigenvalue weighted by Gasteiger charge is 2.26. The molecule has 126 valence electrons. The molecule has 0 bridgehead atoms. The normalized spacial score (nSPS) is 10.3. The summed E-state index contributed by atoms with van der Waals surface area (Å²) in [5, 5.41) is 10.5. The van der Waals surface area contributed by atoms with Gasteiger partial charge in [0.15, 0.2) is 5.82 Å². The molecule has 0 fully saturated rings. The van der Waals surface area contributed by atoms with Crippen LogP contribution in [0.3, 0.4) is 0 Å². The minimum Gasteiger partial charge on any atom is -0.616 e. The number of aryl methyl sites for hydroxylation is 1. The van der Waals surface area contributed by atoms with E-state index in [0.717, 1.165) is 13.8 Å². The first-order chi connectivity index (χ1) is 10.5. The molecule has 0 atom stereocenters. The number of hydrogen-bond donors (Lipinski definition) is 0. The summed E-state index contributed by atoms with van der Waals surface area (Å²) in [6.45, 7) is 1.88. The largest absolute Gasteiger partial charge is 0.616 e. The lowest BCUT2D eigenvalue weighted by atomic mass is 10.3. The van der Waals surface area contributed by atoms with Crippen LogP contribution in [0.5, 0.6) is 0 Å². The Balaban J connectivity index is 0.000000231. The third-order valence-corrected chi connectivity index (χ3v) is 2.52. The van der Waals surface area contributed by atoms with Crippen molar-refractivity contribution in [3.8, 4) is 0 Å². The van der Waals surface area contributed by atoms with E-state index in [1.54, 1.807) is 0 Å². The summed E-state index contributed by atoms with van der Waals surface area (Å²) < 4.78 is 97.4. The Bertz CT molecular complexity index is 634. The van der Waals surface area contributed by atoms with Gasteiger partial charge in [-0.15, -0.1) is 9.12 Å². The predicted molar refractivity (Wildman–Crippen MR) is 58.8 cm³/mol. The highest BCUT2D eigenvalue weighted by molar-refractivity contribution is 5.10. The summed E-state index contributed by atoms with van der Waals surface area (Å²) in [5.41, 5.74) is -1.34. The summed E-state index contributed by atoms with van der Waals surface area (Å²) in [5.74, 6) is -14.5. The van der Waals surface area contributed by atoms with Crippen molar-refractivity contribution < 1.29 is 39.9 Å². The van der Waals surface area contributed by atoms with Crippen LogP contribution in [0.4, 0.5) is 35.1 Å². The summed E-state index contributed by atoms with van der Waals surface area (Å²) in [7, 11) is 0. The second kappa shape index (κ2) is 6.75. The minimum absolute atomic E-state index is 0.499. The molecule has 0 saturated carbocycles. The van der Waals surface area contributed by atoms with Crippen molar-refractivity contribution in [3.63, 3.8) is 0 Å². The summed E-state index contributed by atoms with van der Waals surface area (Å²) in [6, 6.07) is 0. The fourth-order valence-electron chi connectivity index (χ4n) is 1.26. The lowest BCUT2D eigenvalue weighted by molar-refractivity contribution is -0.648. The first-order valence-corrected chi connectivity index (χ1v) is 5.59. The summed E-state index contributed by atoms with van der Waals surface area (Å²) in [4.78, 5) is 2.78. The Morgan fingerprint density at radius 3 is 1.70 bits per heavy atom. The molecule has 0 aromatic carbocycles. The van der Waals surface area contributed by atoms with Crippen LogP contribution < -0.4 is 4.73 Å². The molecule has 0 N–H and O–H groups in total. The van der Waals surface area contributed by atoms with Crippen molar-refractivity contribution >= 4 is 0 Å². The SMILES string of the molecule is Cc1c(F)c(F)c(F)c(F)[n+]1[O-].Cc1nc(F)c(F)c(F)c1F. The Kier molecular flexibility index (Phi) is 5.46. The van der Waals surface area contributed by atoms with E-state index >= 15 is 0 Å². The van der Waals surface area contributed by atoms with E-state index in [4.69, 9.17) is 0 Å². The summed E-state index contributed by atoms with van der Waals surface area (Å²) >= 11 is 0. The Morgan fingerprint density at radius 2 is 1.17 bits per heavy atom. The van der Waals surface area contributed by atoms with Gasteiger partial charge in [-0.3, -0.25) is 0 Å². The molecule has 2 aromatic rings.